The number of halogens is 1. The molecule has 1 unspecified atom stereocenters. The molecule has 0 radical (unpaired) electrons. The molecular formula is C12H16BrN3S2. The van der Waals surface area contributed by atoms with Crippen LogP contribution < -0.4 is 5.32 Å². The van der Waals surface area contributed by atoms with E-state index in [4.69, 9.17) is 0 Å². The minimum atomic E-state index is 0.319. The molecule has 6 heteroatoms. The molecule has 0 spiro atoms. The van der Waals surface area contributed by atoms with Gasteiger partial charge in [-0.3, -0.25) is 0 Å². The number of likely N-dealkylation sites (N-methyl/N-ethyl adjacent to an activating group) is 1. The molecule has 0 saturated carbocycles. The van der Waals surface area contributed by atoms with Crippen LogP contribution in [0.5, 0.6) is 0 Å². The molecule has 0 bridgehead atoms. The van der Waals surface area contributed by atoms with Gasteiger partial charge in [0.25, 0.3) is 0 Å². The highest BCUT2D eigenvalue weighted by Crippen LogP contribution is 2.30. The smallest absolute Gasteiger partial charge is 0.0801 e. The first kappa shape index (κ1) is 14.1. The first-order valence-electron chi connectivity index (χ1n) is 6.02. The minimum Gasteiger partial charge on any atom is -0.309 e. The van der Waals surface area contributed by atoms with Crippen molar-refractivity contribution in [2.45, 2.75) is 32.7 Å². The standard InChI is InChI=1S/C12H16BrN3S2/c1-3-9-12(18-16-15-9)10(14-4-2)7-11-8(13)5-6-17-11/h5-6,10,14H,3-4,7H2,1-2H3. The Balaban J connectivity index is 2.21. The zero-order chi connectivity index (χ0) is 13.0. The van der Waals surface area contributed by atoms with Gasteiger partial charge in [-0.2, -0.15) is 0 Å². The van der Waals surface area contributed by atoms with Crippen molar-refractivity contribution >= 4 is 38.8 Å². The van der Waals surface area contributed by atoms with Gasteiger partial charge in [-0.25, -0.2) is 0 Å². The number of aromatic nitrogens is 2. The monoisotopic (exact) mass is 345 g/mol. The van der Waals surface area contributed by atoms with Gasteiger partial charge in [-0.15, -0.1) is 16.4 Å². The Bertz CT molecular complexity index is 495. The third kappa shape index (κ3) is 3.17. The average molecular weight is 346 g/mol. The molecule has 0 fully saturated rings. The molecule has 0 saturated heterocycles. The third-order valence-electron chi connectivity index (χ3n) is 2.77. The maximum atomic E-state index is 4.21. The van der Waals surface area contributed by atoms with Crippen LogP contribution in [-0.4, -0.2) is 16.1 Å². The van der Waals surface area contributed by atoms with Gasteiger partial charge in [0, 0.05) is 21.8 Å². The molecule has 2 rings (SSSR count). The molecular weight excluding hydrogens is 330 g/mol. The summed E-state index contributed by atoms with van der Waals surface area (Å²) in [6, 6.07) is 2.43. The van der Waals surface area contributed by atoms with Crippen molar-refractivity contribution in [3.05, 3.63) is 31.4 Å². The van der Waals surface area contributed by atoms with Crippen molar-refractivity contribution in [2.24, 2.45) is 0 Å². The van der Waals surface area contributed by atoms with Gasteiger partial charge in [0.1, 0.15) is 0 Å². The molecule has 0 aliphatic carbocycles. The second kappa shape index (κ2) is 6.75. The molecule has 2 heterocycles. The average Bonchev–Trinajstić information content (AvgIpc) is 2.98. The lowest BCUT2D eigenvalue weighted by Gasteiger charge is -2.16. The van der Waals surface area contributed by atoms with E-state index in [0.29, 0.717) is 6.04 Å². The van der Waals surface area contributed by atoms with Crippen molar-refractivity contribution in [1.82, 2.24) is 14.9 Å². The van der Waals surface area contributed by atoms with Crippen molar-refractivity contribution in [2.75, 3.05) is 6.54 Å². The Morgan fingerprint density at radius 2 is 2.28 bits per heavy atom. The Hall–Kier alpha value is -0.300. The van der Waals surface area contributed by atoms with E-state index in [1.54, 1.807) is 11.3 Å². The number of nitrogens with zero attached hydrogens (tertiary/aromatic N) is 2. The predicted molar refractivity (Wildman–Crippen MR) is 81.4 cm³/mol. The fourth-order valence-corrected chi connectivity index (χ4v) is 4.26. The van der Waals surface area contributed by atoms with Gasteiger partial charge < -0.3 is 5.32 Å². The highest BCUT2D eigenvalue weighted by molar-refractivity contribution is 9.10. The summed E-state index contributed by atoms with van der Waals surface area (Å²) in [5.74, 6) is 0. The maximum absolute atomic E-state index is 4.21. The predicted octanol–water partition coefficient (Wildman–Crippen LogP) is 3.82. The van der Waals surface area contributed by atoms with Crippen molar-refractivity contribution < 1.29 is 0 Å². The van der Waals surface area contributed by atoms with E-state index in [-0.39, 0.29) is 0 Å². The van der Waals surface area contributed by atoms with Gasteiger partial charge in [0.15, 0.2) is 0 Å². The van der Waals surface area contributed by atoms with Crippen LogP contribution in [0.2, 0.25) is 0 Å². The van der Waals surface area contributed by atoms with E-state index in [0.717, 1.165) is 25.1 Å². The summed E-state index contributed by atoms with van der Waals surface area (Å²) in [5.41, 5.74) is 1.12. The van der Waals surface area contributed by atoms with E-state index >= 15 is 0 Å². The Morgan fingerprint density at radius 1 is 1.44 bits per heavy atom. The molecule has 0 aliphatic heterocycles. The van der Waals surface area contributed by atoms with Crippen molar-refractivity contribution in [1.29, 1.82) is 0 Å². The van der Waals surface area contributed by atoms with Gasteiger partial charge in [-0.1, -0.05) is 18.3 Å². The van der Waals surface area contributed by atoms with Gasteiger partial charge in [0.2, 0.25) is 0 Å². The van der Waals surface area contributed by atoms with Gasteiger partial charge in [-0.05, 0) is 51.9 Å². The highest BCUT2D eigenvalue weighted by atomic mass is 79.9. The SMILES string of the molecule is CCNC(Cc1sccc1Br)c1snnc1CC. The molecule has 18 heavy (non-hydrogen) atoms. The topological polar surface area (TPSA) is 37.8 Å². The summed E-state index contributed by atoms with van der Waals surface area (Å²) in [5, 5.41) is 9.87. The Labute approximate surface area is 124 Å². The molecule has 3 nitrogen and oxygen atoms in total. The van der Waals surface area contributed by atoms with Gasteiger partial charge in [0.05, 0.1) is 10.6 Å². The normalized spacial score (nSPS) is 12.8. The lowest BCUT2D eigenvalue weighted by Crippen LogP contribution is -2.22. The lowest BCUT2D eigenvalue weighted by atomic mass is 10.1. The zero-order valence-corrected chi connectivity index (χ0v) is 13.7. The Kier molecular flexibility index (Phi) is 5.29. The van der Waals surface area contributed by atoms with E-state index in [2.05, 4.69) is 56.1 Å². The second-order valence-electron chi connectivity index (χ2n) is 3.94. The highest BCUT2D eigenvalue weighted by Gasteiger charge is 2.19. The van der Waals surface area contributed by atoms with Crippen LogP contribution in [-0.2, 0) is 12.8 Å². The van der Waals surface area contributed by atoms with Crippen LogP contribution in [0.1, 0.15) is 35.3 Å². The second-order valence-corrected chi connectivity index (χ2v) is 6.58. The maximum Gasteiger partial charge on any atom is 0.0801 e. The van der Waals surface area contributed by atoms with Crippen LogP contribution in [0, 0.1) is 0 Å². The molecule has 2 aromatic heterocycles. The van der Waals surface area contributed by atoms with Crippen LogP contribution in [0.4, 0.5) is 0 Å². The van der Waals surface area contributed by atoms with Crippen molar-refractivity contribution in [3.63, 3.8) is 0 Å². The number of hydrogen-bond donors (Lipinski definition) is 1. The van der Waals surface area contributed by atoms with Crippen LogP contribution >= 0.6 is 38.8 Å². The Morgan fingerprint density at radius 3 is 2.89 bits per heavy atom. The molecule has 0 aromatic carbocycles. The van der Waals surface area contributed by atoms with Crippen LogP contribution in [0.25, 0.3) is 0 Å². The lowest BCUT2D eigenvalue weighted by molar-refractivity contribution is 0.556. The van der Waals surface area contributed by atoms with Crippen LogP contribution in [0.3, 0.4) is 0 Å². The van der Waals surface area contributed by atoms with Gasteiger partial charge >= 0.3 is 0 Å². The zero-order valence-electron chi connectivity index (χ0n) is 10.4. The van der Waals surface area contributed by atoms with E-state index in [1.807, 2.05) is 0 Å². The quantitative estimate of drug-likeness (QED) is 0.864. The molecule has 1 atom stereocenters. The summed E-state index contributed by atoms with van der Waals surface area (Å²) in [6.45, 7) is 5.22. The first-order valence-corrected chi connectivity index (χ1v) is 8.47. The summed E-state index contributed by atoms with van der Waals surface area (Å²) in [6.07, 6.45) is 1.93. The van der Waals surface area contributed by atoms with E-state index < -0.39 is 0 Å². The number of nitrogens with one attached hydrogen (secondary N) is 1. The third-order valence-corrected chi connectivity index (χ3v) is 5.60. The fraction of sp³-hybridized carbons (Fsp3) is 0.500. The van der Waals surface area contributed by atoms with E-state index in [1.165, 1.54) is 25.8 Å². The summed E-state index contributed by atoms with van der Waals surface area (Å²) >= 11 is 6.91. The summed E-state index contributed by atoms with van der Waals surface area (Å²) in [7, 11) is 0. The molecule has 0 amide bonds. The first-order chi connectivity index (χ1) is 8.76. The summed E-state index contributed by atoms with van der Waals surface area (Å²) < 4.78 is 5.29. The number of rotatable bonds is 6. The largest absolute Gasteiger partial charge is 0.309 e. The van der Waals surface area contributed by atoms with Crippen molar-refractivity contribution in [3.8, 4) is 0 Å². The van der Waals surface area contributed by atoms with E-state index in [9.17, 15) is 0 Å². The number of aryl methyl sites for hydroxylation is 1. The fourth-order valence-electron chi connectivity index (χ4n) is 1.89. The van der Waals surface area contributed by atoms with Crippen LogP contribution in [0.15, 0.2) is 15.9 Å². The minimum absolute atomic E-state index is 0.319. The molecule has 1 N–H and O–H groups in total. The molecule has 2 aromatic rings. The molecule has 98 valence electrons. The number of thiophene rings is 1. The number of hydrogen-bond acceptors (Lipinski definition) is 5. The summed E-state index contributed by atoms with van der Waals surface area (Å²) in [4.78, 5) is 2.65. The molecule has 0 aliphatic rings.